The molecule has 0 aliphatic rings. The molecular weight excluding hydrogens is 262 g/mol. The Kier molecular flexibility index (Phi) is 6.80. The van der Waals surface area contributed by atoms with E-state index in [0.29, 0.717) is 6.61 Å². The van der Waals surface area contributed by atoms with Crippen LogP contribution >= 0.6 is 11.8 Å². The second-order valence-electron chi connectivity index (χ2n) is 4.30. The standard InChI is InChI=1S/C13H21N3O2S/c1-4-18-12(17)13(2,14-3)6-5-9-19-11-10-15-7-8-16-11/h7-8,10,14H,4-6,9H2,1-3H3. The number of rotatable bonds is 8. The smallest absolute Gasteiger partial charge is 0.326 e. The first-order chi connectivity index (χ1) is 9.12. The Balaban J connectivity index is 2.35. The van der Waals surface area contributed by atoms with Crippen LogP contribution in [0.2, 0.25) is 0 Å². The lowest BCUT2D eigenvalue weighted by atomic mass is 9.97. The van der Waals surface area contributed by atoms with Crippen molar-refractivity contribution >= 4 is 17.7 Å². The third-order valence-electron chi connectivity index (χ3n) is 2.89. The molecule has 0 bridgehead atoms. The molecule has 1 aromatic rings. The molecule has 1 atom stereocenters. The predicted molar refractivity (Wildman–Crippen MR) is 76.1 cm³/mol. The monoisotopic (exact) mass is 283 g/mol. The van der Waals surface area contributed by atoms with Crippen LogP contribution in [0.15, 0.2) is 23.6 Å². The van der Waals surface area contributed by atoms with Crippen LogP contribution in [0.4, 0.5) is 0 Å². The molecule has 0 saturated heterocycles. The number of carbonyl (C=O) groups excluding carboxylic acids is 1. The lowest BCUT2D eigenvalue weighted by Crippen LogP contribution is -2.48. The third kappa shape index (κ3) is 5.16. The van der Waals surface area contributed by atoms with E-state index in [1.807, 2.05) is 13.8 Å². The highest BCUT2D eigenvalue weighted by atomic mass is 32.2. The molecule has 0 aliphatic heterocycles. The van der Waals surface area contributed by atoms with Gasteiger partial charge in [0, 0.05) is 12.4 Å². The summed E-state index contributed by atoms with van der Waals surface area (Å²) in [5.74, 6) is 0.706. The molecule has 0 fully saturated rings. The Morgan fingerprint density at radius 1 is 1.53 bits per heavy atom. The number of aromatic nitrogens is 2. The first kappa shape index (κ1) is 15.9. The number of carbonyl (C=O) groups is 1. The fourth-order valence-corrected chi connectivity index (χ4v) is 2.35. The van der Waals surface area contributed by atoms with Crippen LogP contribution in [0, 0.1) is 0 Å². The molecule has 0 spiro atoms. The summed E-state index contributed by atoms with van der Waals surface area (Å²) in [6, 6.07) is 0. The lowest BCUT2D eigenvalue weighted by molar-refractivity contribution is -0.150. The van der Waals surface area contributed by atoms with Gasteiger partial charge in [0.2, 0.25) is 0 Å². The largest absolute Gasteiger partial charge is 0.465 e. The van der Waals surface area contributed by atoms with Crippen molar-refractivity contribution in [3.63, 3.8) is 0 Å². The molecule has 1 N–H and O–H groups in total. The van der Waals surface area contributed by atoms with E-state index < -0.39 is 5.54 Å². The number of thioether (sulfide) groups is 1. The molecule has 0 radical (unpaired) electrons. The van der Waals surface area contributed by atoms with E-state index in [4.69, 9.17) is 4.74 Å². The molecular formula is C13H21N3O2S. The molecule has 1 aromatic heterocycles. The molecule has 1 unspecified atom stereocenters. The van der Waals surface area contributed by atoms with E-state index in [2.05, 4.69) is 15.3 Å². The van der Waals surface area contributed by atoms with Gasteiger partial charge in [-0.3, -0.25) is 9.78 Å². The second kappa shape index (κ2) is 8.12. The number of likely N-dealkylation sites (N-methyl/N-ethyl adjacent to an activating group) is 1. The number of nitrogens with zero attached hydrogens (tertiary/aromatic N) is 2. The van der Waals surface area contributed by atoms with Crippen molar-refractivity contribution in [2.24, 2.45) is 0 Å². The quantitative estimate of drug-likeness (QED) is 0.446. The highest BCUT2D eigenvalue weighted by Gasteiger charge is 2.32. The summed E-state index contributed by atoms with van der Waals surface area (Å²) >= 11 is 1.64. The van der Waals surface area contributed by atoms with Gasteiger partial charge in [0.15, 0.2) is 0 Å². The van der Waals surface area contributed by atoms with Crippen molar-refractivity contribution in [3.05, 3.63) is 18.6 Å². The normalized spacial score (nSPS) is 13.8. The van der Waals surface area contributed by atoms with Gasteiger partial charge in [-0.05, 0) is 39.5 Å². The minimum atomic E-state index is -0.612. The van der Waals surface area contributed by atoms with Crippen molar-refractivity contribution in [2.45, 2.75) is 37.3 Å². The Morgan fingerprint density at radius 3 is 2.89 bits per heavy atom. The maximum Gasteiger partial charge on any atom is 0.326 e. The lowest BCUT2D eigenvalue weighted by Gasteiger charge is -2.26. The molecule has 106 valence electrons. The van der Waals surface area contributed by atoms with Crippen LogP contribution < -0.4 is 5.32 Å². The van der Waals surface area contributed by atoms with Gasteiger partial charge in [-0.25, -0.2) is 4.98 Å². The van der Waals surface area contributed by atoms with Gasteiger partial charge in [-0.1, -0.05) is 0 Å². The second-order valence-corrected chi connectivity index (χ2v) is 5.41. The predicted octanol–water partition coefficient (Wildman–Crippen LogP) is 1.89. The van der Waals surface area contributed by atoms with Crippen molar-refractivity contribution in [1.29, 1.82) is 0 Å². The Morgan fingerprint density at radius 2 is 2.32 bits per heavy atom. The highest BCUT2D eigenvalue weighted by molar-refractivity contribution is 7.99. The highest BCUT2D eigenvalue weighted by Crippen LogP contribution is 2.19. The zero-order chi connectivity index (χ0) is 14.1. The maximum absolute atomic E-state index is 11.8. The SMILES string of the molecule is CCOC(=O)C(C)(CCCSc1cnccn1)NC. The third-order valence-corrected chi connectivity index (χ3v) is 3.89. The first-order valence-electron chi connectivity index (χ1n) is 6.37. The van der Waals surface area contributed by atoms with E-state index in [1.165, 1.54) is 0 Å². The fourth-order valence-electron chi connectivity index (χ4n) is 1.58. The minimum Gasteiger partial charge on any atom is -0.465 e. The summed E-state index contributed by atoms with van der Waals surface area (Å²) in [7, 11) is 1.78. The zero-order valence-electron chi connectivity index (χ0n) is 11.7. The van der Waals surface area contributed by atoms with Crippen LogP contribution in [0.25, 0.3) is 0 Å². The number of esters is 1. The summed E-state index contributed by atoms with van der Waals surface area (Å²) in [5, 5.41) is 3.96. The van der Waals surface area contributed by atoms with Gasteiger partial charge in [0.25, 0.3) is 0 Å². The molecule has 0 aliphatic carbocycles. The Bertz CT molecular complexity index is 389. The molecule has 5 nitrogen and oxygen atoms in total. The number of hydrogen-bond acceptors (Lipinski definition) is 6. The van der Waals surface area contributed by atoms with Crippen LogP contribution in [-0.2, 0) is 9.53 Å². The number of hydrogen-bond donors (Lipinski definition) is 1. The molecule has 0 saturated carbocycles. The Labute approximate surface area is 118 Å². The number of nitrogens with one attached hydrogen (secondary N) is 1. The summed E-state index contributed by atoms with van der Waals surface area (Å²) < 4.78 is 5.08. The van der Waals surface area contributed by atoms with E-state index in [-0.39, 0.29) is 5.97 Å². The van der Waals surface area contributed by atoms with Crippen molar-refractivity contribution in [2.75, 3.05) is 19.4 Å². The minimum absolute atomic E-state index is 0.193. The Hall–Kier alpha value is -1.14. The van der Waals surface area contributed by atoms with Crippen molar-refractivity contribution in [1.82, 2.24) is 15.3 Å². The van der Waals surface area contributed by atoms with Gasteiger partial charge in [-0.15, -0.1) is 11.8 Å². The van der Waals surface area contributed by atoms with Gasteiger partial charge in [-0.2, -0.15) is 0 Å². The van der Waals surface area contributed by atoms with Gasteiger partial charge in [0.05, 0.1) is 12.8 Å². The summed E-state index contributed by atoms with van der Waals surface area (Å²) in [6.07, 6.45) is 6.71. The van der Waals surface area contributed by atoms with E-state index in [0.717, 1.165) is 23.6 Å². The molecule has 0 amide bonds. The molecule has 6 heteroatoms. The average molecular weight is 283 g/mol. The van der Waals surface area contributed by atoms with E-state index in [1.54, 1.807) is 37.4 Å². The molecule has 1 rings (SSSR count). The number of ether oxygens (including phenoxy) is 1. The zero-order valence-corrected chi connectivity index (χ0v) is 12.5. The fraction of sp³-hybridized carbons (Fsp3) is 0.615. The van der Waals surface area contributed by atoms with Crippen LogP contribution in [0.3, 0.4) is 0 Å². The topological polar surface area (TPSA) is 64.1 Å². The summed E-state index contributed by atoms with van der Waals surface area (Å²) in [6.45, 7) is 4.10. The van der Waals surface area contributed by atoms with Crippen LogP contribution in [0.1, 0.15) is 26.7 Å². The van der Waals surface area contributed by atoms with Crippen LogP contribution in [-0.4, -0.2) is 40.9 Å². The molecule has 1 heterocycles. The summed E-state index contributed by atoms with van der Waals surface area (Å²) in [4.78, 5) is 20.0. The maximum atomic E-state index is 11.8. The first-order valence-corrected chi connectivity index (χ1v) is 7.36. The van der Waals surface area contributed by atoms with Crippen molar-refractivity contribution < 1.29 is 9.53 Å². The van der Waals surface area contributed by atoms with Crippen LogP contribution in [0.5, 0.6) is 0 Å². The molecule has 0 aromatic carbocycles. The van der Waals surface area contributed by atoms with E-state index >= 15 is 0 Å². The van der Waals surface area contributed by atoms with Crippen molar-refractivity contribution in [3.8, 4) is 0 Å². The molecule has 19 heavy (non-hydrogen) atoms. The average Bonchev–Trinajstić information content (AvgIpc) is 2.44. The van der Waals surface area contributed by atoms with Gasteiger partial charge >= 0.3 is 5.97 Å². The summed E-state index contributed by atoms with van der Waals surface area (Å²) in [5.41, 5.74) is -0.612. The van der Waals surface area contributed by atoms with E-state index in [9.17, 15) is 4.79 Å². The van der Waals surface area contributed by atoms with Gasteiger partial charge in [0.1, 0.15) is 10.6 Å². The van der Waals surface area contributed by atoms with Gasteiger partial charge < -0.3 is 10.1 Å².